The molecular formula is C16H15BrN4O2S. The fourth-order valence-electron chi connectivity index (χ4n) is 2.34. The Balaban J connectivity index is 1.57. The molecule has 0 bridgehead atoms. The molecule has 1 amide bonds. The summed E-state index contributed by atoms with van der Waals surface area (Å²) in [6, 6.07) is 9.74. The first kappa shape index (κ1) is 17.0. The lowest BCUT2D eigenvalue weighted by molar-refractivity contribution is -0.119. The molecule has 6 nitrogen and oxygen atoms in total. The van der Waals surface area contributed by atoms with Crippen molar-refractivity contribution < 1.29 is 9.21 Å². The third-order valence-electron chi connectivity index (χ3n) is 3.83. The van der Waals surface area contributed by atoms with Crippen molar-refractivity contribution in [2.75, 3.05) is 5.75 Å². The van der Waals surface area contributed by atoms with Gasteiger partial charge in [-0.15, -0.1) is 10.2 Å². The molecule has 1 atom stereocenters. The SMILES string of the molecule is C[C@](C#N)(NC(=O)CSc1nnc(-c2cccc(Br)c2)o1)C1CC1. The van der Waals surface area contributed by atoms with Crippen molar-refractivity contribution in [3.8, 4) is 17.5 Å². The van der Waals surface area contributed by atoms with Crippen LogP contribution in [0.3, 0.4) is 0 Å². The Morgan fingerprint density at radius 3 is 3.00 bits per heavy atom. The summed E-state index contributed by atoms with van der Waals surface area (Å²) < 4.78 is 6.49. The molecule has 24 heavy (non-hydrogen) atoms. The van der Waals surface area contributed by atoms with Crippen LogP contribution in [0.1, 0.15) is 19.8 Å². The molecule has 124 valence electrons. The minimum atomic E-state index is -0.784. The topological polar surface area (TPSA) is 91.8 Å². The van der Waals surface area contributed by atoms with Crippen LogP contribution in [-0.4, -0.2) is 27.4 Å². The van der Waals surface area contributed by atoms with Gasteiger partial charge in [-0.3, -0.25) is 4.79 Å². The molecule has 1 saturated carbocycles. The smallest absolute Gasteiger partial charge is 0.277 e. The van der Waals surface area contributed by atoms with Gasteiger partial charge in [-0.05, 0) is 43.9 Å². The second kappa shape index (κ2) is 6.95. The highest BCUT2D eigenvalue weighted by Gasteiger charge is 2.42. The Labute approximate surface area is 152 Å². The Morgan fingerprint density at radius 1 is 1.54 bits per heavy atom. The number of aromatic nitrogens is 2. The van der Waals surface area contributed by atoms with Gasteiger partial charge in [-0.2, -0.15) is 5.26 Å². The molecule has 2 aromatic rings. The molecule has 0 spiro atoms. The maximum Gasteiger partial charge on any atom is 0.277 e. The minimum Gasteiger partial charge on any atom is -0.411 e. The van der Waals surface area contributed by atoms with Crippen LogP contribution in [0.5, 0.6) is 0 Å². The van der Waals surface area contributed by atoms with Crippen LogP contribution in [0.2, 0.25) is 0 Å². The standard InChI is InChI=1S/C16H15BrN4O2S/c1-16(9-18,11-5-6-11)19-13(22)8-24-15-21-20-14(23-15)10-3-2-4-12(17)7-10/h2-4,7,11H,5-6,8H2,1H3,(H,19,22)/t16-/m1/s1. The van der Waals surface area contributed by atoms with E-state index in [0.29, 0.717) is 11.1 Å². The fourth-order valence-corrected chi connectivity index (χ4v) is 3.30. The van der Waals surface area contributed by atoms with E-state index in [4.69, 9.17) is 4.42 Å². The van der Waals surface area contributed by atoms with E-state index in [1.54, 1.807) is 6.92 Å². The highest BCUT2D eigenvalue weighted by atomic mass is 79.9. The lowest BCUT2D eigenvalue weighted by atomic mass is 9.98. The Morgan fingerprint density at radius 2 is 2.33 bits per heavy atom. The van der Waals surface area contributed by atoms with Gasteiger partial charge in [0.25, 0.3) is 5.22 Å². The average Bonchev–Trinajstić information content (AvgIpc) is 3.32. The molecule has 3 rings (SSSR count). The van der Waals surface area contributed by atoms with Gasteiger partial charge in [0, 0.05) is 10.0 Å². The molecular weight excluding hydrogens is 392 g/mol. The predicted molar refractivity (Wildman–Crippen MR) is 93.0 cm³/mol. The third-order valence-corrected chi connectivity index (χ3v) is 5.14. The van der Waals surface area contributed by atoms with Gasteiger partial charge in [0.15, 0.2) is 0 Å². The number of carbonyl (C=O) groups is 1. The molecule has 8 heteroatoms. The van der Waals surface area contributed by atoms with Crippen LogP contribution in [0.25, 0.3) is 11.5 Å². The van der Waals surface area contributed by atoms with E-state index >= 15 is 0 Å². The highest BCUT2D eigenvalue weighted by molar-refractivity contribution is 9.10. The van der Waals surface area contributed by atoms with E-state index in [-0.39, 0.29) is 17.6 Å². The number of nitrogens with zero attached hydrogens (tertiary/aromatic N) is 3. The number of hydrogen-bond donors (Lipinski definition) is 1. The molecule has 1 heterocycles. The van der Waals surface area contributed by atoms with E-state index in [0.717, 1.165) is 34.6 Å². The van der Waals surface area contributed by atoms with Gasteiger partial charge in [0.2, 0.25) is 11.8 Å². The molecule has 1 N–H and O–H groups in total. The second-order valence-electron chi connectivity index (χ2n) is 5.81. The first-order chi connectivity index (χ1) is 11.5. The summed E-state index contributed by atoms with van der Waals surface area (Å²) in [6.45, 7) is 1.77. The summed E-state index contributed by atoms with van der Waals surface area (Å²) in [4.78, 5) is 12.1. The van der Waals surface area contributed by atoms with E-state index in [9.17, 15) is 10.1 Å². The molecule has 1 fully saturated rings. The maximum atomic E-state index is 12.1. The van der Waals surface area contributed by atoms with Crippen LogP contribution in [-0.2, 0) is 4.79 Å². The lowest BCUT2D eigenvalue weighted by Gasteiger charge is -2.22. The van der Waals surface area contributed by atoms with Crippen molar-refractivity contribution in [2.45, 2.75) is 30.5 Å². The second-order valence-corrected chi connectivity index (χ2v) is 7.65. The number of hydrogen-bond acceptors (Lipinski definition) is 6. The molecule has 1 aliphatic carbocycles. The van der Waals surface area contributed by atoms with Gasteiger partial charge in [-0.25, -0.2) is 0 Å². The Bertz CT molecular complexity index is 799. The number of halogens is 1. The van der Waals surface area contributed by atoms with Gasteiger partial charge < -0.3 is 9.73 Å². The molecule has 1 aromatic heterocycles. The quantitative estimate of drug-likeness (QED) is 0.738. The predicted octanol–water partition coefficient (Wildman–Crippen LogP) is 3.40. The van der Waals surface area contributed by atoms with E-state index in [2.05, 4.69) is 37.5 Å². The number of nitriles is 1. The zero-order valence-corrected chi connectivity index (χ0v) is 15.4. The zero-order valence-electron chi connectivity index (χ0n) is 13.0. The number of rotatable bonds is 6. The normalized spacial score (nSPS) is 16.2. The summed E-state index contributed by atoms with van der Waals surface area (Å²) >= 11 is 4.55. The fraction of sp³-hybridized carbons (Fsp3) is 0.375. The van der Waals surface area contributed by atoms with Crippen molar-refractivity contribution in [2.24, 2.45) is 5.92 Å². The molecule has 0 radical (unpaired) electrons. The summed E-state index contributed by atoms with van der Waals surface area (Å²) in [5.41, 5.74) is 0.0208. The van der Waals surface area contributed by atoms with Crippen molar-refractivity contribution >= 4 is 33.6 Å². The summed E-state index contributed by atoms with van der Waals surface area (Å²) in [5, 5.41) is 20.3. The Hall–Kier alpha value is -1.85. The number of nitrogens with one attached hydrogen (secondary N) is 1. The summed E-state index contributed by atoms with van der Waals surface area (Å²) in [5.74, 6) is 0.574. The molecule has 1 aromatic carbocycles. The van der Waals surface area contributed by atoms with Crippen LogP contribution in [0.4, 0.5) is 0 Å². The van der Waals surface area contributed by atoms with E-state index < -0.39 is 5.54 Å². The number of benzene rings is 1. The van der Waals surface area contributed by atoms with Crippen LogP contribution in [0, 0.1) is 17.2 Å². The molecule has 1 aliphatic rings. The van der Waals surface area contributed by atoms with E-state index in [1.165, 1.54) is 0 Å². The molecule has 0 unspecified atom stereocenters. The largest absolute Gasteiger partial charge is 0.411 e. The monoisotopic (exact) mass is 406 g/mol. The van der Waals surface area contributed by atoms with Crippen LogP contribution >= 0.6 is 27.7 Å². The lowest BCUT2D eigenvalue weighted by Crippen LogP contribution is -2.47. The summed E-state index contributed by atoms with van der Waals surface area (Å²) in [7, 11) is 0. The number of carbonyl (C=O) groups excluding carboxylic acids is 1. The van der Waals surface area contributed by atoms with Crippen molar-refractivity contribution in [3.05, 3.63) is 28.7 Å². The van der Waals surface area contributed by atoms with Gasteiger partial charge in [-0.1, -0.05) is 33.8 Å². The molecule has 0 aliphatic heterocycles. The maximum absolute atomic E-state index is 12.1. The van der Waals surface area contributed by atoms with Crippen molar-refractivity contribution in [3.63, 3.8) is 0 Å². The van der Waals surface area contributed by atoms with Gasteiger partial charge >= 0.3 is 0 Å². The van der Waals surface area contributed by atoms with Gasteiger partial charge in [0.1, 0.15) is 5.54 Å². The average molecular weight is 407 g/mol. The van der Waals surface area contributed by atoms with Crippen molar-refractivity contribution in [1.29, 1.82) is 5.26 Å². The van der Waals surface area contributed by atoms with E-state index in [1.807, 2.05) is 24.3 Å². The third kappa shape index (κ3) is 3.97. The zero-order chi connectivity index (χ0) is 17.2. The molecule has 0 saturated heterocycles. The van der Waals surface area contributed by atoms with Gasteiger partial charge in [0.05, 0.1) is 11.8 Å². The first-order valence-electron chi connectivity index (χ1n) is 7.45. The number of thioether (sulfide) groups is 1. The van der Waals surface area contributed by atoms with Crippen LogP contribution < -0.4 is 5.32 Å². The summed E-state index contributed by atoms with van der Waals surface area (Å²) in [6.07, 6.45) is 1.97. The minimum absolute atomic E-state index is 0.129. The Kier molecular flexibility index (Phi) is 4.92. The highest BCUT2D eigenvalue weighted by Crippen LogP contribution is 2.39. The number of amides is 1. The van der Waals surface area contributed by atoms with Crippen LogP contribution in [0.15, 0.2) is 38.4 Å². The van der Waals surface area contributed by atoms with Crippen molar-refractivity contribution in [1.82, 2.24) is 15.5 Å². The first-order valence-corrected chi connectivity index (χ1v) is 9.22.